The number of benzene rings is 2. The van der Waals surface area contributed by atoms with Crippen molar-refractivity contribution in [2.75, 3.05) is 20.8 Å². The summed E-state index contributed by atoms with van der Waals surface area (Å²) in [6.45, 7) is 1.33. The second kappa shape index (κ2) is 12.0. The maximum absolute atomic E-state index is 10.2. The SMILES string of the molecule is C#C[C@@H](C[C@H](O)CCOCc1ccc(OC)cc1)OCc1ccc(OC)cc1. The zero-order valence-corrected chi connectivity index (χ0v) is 16.5. The van der Waals surface area contributed by atoms with Crippen LogP contribution in [-0.2, 0) is 22.7 Å². The third kappa shape index (κ3) is 7.61. The minimum Gasteiger partial charge on any atom is -0.497 e. The maximum Gasteiger partial charge on any atom is 0.120 e. The fourth-order valence-corrected chi connectivity index (χ4v) is 2.60. The molecule has 0 bridgehead atoms. The smallest absolute Gasteiger partial charge is 0.120 e. The van der Waals surface area contributed by atoms with E-state index in [1.54, 1.807) is 14.2 Å². The number of terminal acetylenes is 1. The molecule has 0 saturated heterocycles. The Morgan fingerprint density at radius 2 is 1.43 bits per heavy atom. The highest BCUT2D eigenvalue weighted by molar-refractivity contribution is 5.27. The van der Waals surface area contributed by atoms with Gasteiger partial charge in [0, 0.05) is 13.0 Å². The van der Waals surface area contributed by atoms with Crippen molar-refractivity contribution in [2.24, 2.45) is 0 Å². The Bertz CT molecular complexity index is 718. The summed E-state index contributed by atoms with van der Waals surface area (Å²) < 4.78 is 21.6. The van der Waals surface area contributed by atoms with Gasteiger partial charge in [-0.15, -0.1) is 6.42 Å². The van der Waals surface area contributed by atoms with Gasteiger partial charge in [0.15, 0.2) is 0 Å². The van der Waals surface area contributed by atoms with Crippen LogP contribution in [0.3, 0.4) is 0 Å². The van der Waals surface area contributed by atoms with Gasteiger partial charge in [0.2, 0.25) is 0 Å². The molecule has 2 aromatic carbocycles. The van der Waals surface area contributed by atoms with E-state index in [1.165, 1.54) is 0 Å². The van der Waals surface area contributed by atoms with E-state index in [2.05, 4.69) is 5.92 Å². The number of ether oxygens (including phenoxy) is 4. The van der Waals surface area contributed by atoms with Crippen LogP contribution in [0, 0.1) is 12.3 Å². The van der Waals surface area contributed by atoms with Gasteiger partial charge in [-0.05, 0) is 41.8 Å². The van der Waals surface area contributed by atoms with Crippen LogP contribution in [0.5, 0.6) is 11.5 Å². The highest BCUT2D eigenvalue weighted by Gasteiger charge is 2.13. The number of aliphatic hydroxyl groups is 1. The van der Waals surface area contributed by atoms with Gasteiger partial charge in [0.05, 0.1) is 33.5 Å². The molecule has 0 amide bonds. The van der Waals surface area contributed by atoms with Crippen molar-refractivity contribution < 1.29 is 24.1 Å². The lowest BCUT2D eigenvalue weighted by molar-refractivity contribution is 0.0191. The summed E-state index contributed by atoms with van der Waals surface area (Å²) in [4.78, 5) is 0. The van der Waals surface area contributed by atoms with Gasteiger partial charge >= 0.3 is 0 Å². The van der Waals surface area contributed by atoms with Crippen LogP contribution in [-0.4, -0.2) is 38.1 Å². The number of methoxy groups -OCH3 is 2. The molecule has 0 aliphatic rings. The minimum absolute atomic E-state index is 0.374. The van der Waals surface area contributed by atoms with Crippen molar-refractivity contribution in [3.63, 3.8) is 0 Å². The Morgan fingerprint density at radius 3 is 1.93 bits per heavy atom. The lowest BCUT2D eigenvalue weighted by Gasteiger charge is -2.17. The molecule has 0 radical (unpaired) electrons. The third-order valence-electron chi connectivity index (χ3n) is 4.31. The number of aliphatic hydroxyl groups excluding tert-OH is 1. The summed E-state index contributed by atoms with van der Waals surface area (Å²) in [5, 5.41) is 10.2. The Hall–Kier alpha value is -2.52. The molecule has 0 heterocycles. The van der Waals surface area contributed by atoms with E-state index in [1.807, 2.05) is 48.5 Å². The summed E-state index contributed by atoms with van der Waals surface area (Å²) in [7, 11) is 3.26. The summed E-state index contributed by atoms with van der Waals surface area (Å²) in [6, 6.07) is 15.3. The molecule has 2 atom stereocenters. The average molecular weight is 384 g/mol. The first-order valence-electron chi connectivity index (χ1n) is 9.24. The lowest BCUT2D eigenvalue weighted by atomic mass is 10.1. The second-order valence-corrected chi connectivity index (χ2v) is 6.39. The van der Waals surface area contributed by atoms with Crippen molar-refractivity contribution in [1.29, 1.82) is 0 Å². The molecule has 28 heavy (non-hydrogen) atoms. The monoisotopic (exact) mass is 384 g/mol. The van der Waals surface area contributed by atoms with E-state index in [9.17, 15) is 5.11 Å². The number of hydrogen-bond acceptors (Lipinski definition) is 5. The fraction of sp³-hybridized carbons (Fsp3) is 0.391. The molecule has 0 aliphatic carbocycles. The van der Waals surface area contributed by atoms with Crippen LogP contribution in [0.25, 0.3) is 0 Å². The van der Waals surface area contributed by atoms with Crippen LogP contribution in [0.15, 0.2) is 48.5 Å². The van der Waals surface area contributed by atoms with E-state index < -0.39 is 12.2 Å². The van der Waals surface area contributed by atoms with Crippen molar-refractivity contribution in [3.05, 3.63) is 59.7 Å². The minimum atomic E-state index is -0.576. The maximum atomic E-state index is 10.2. The molecule has 2 rings (SSSR count). The van der Waals surface area contributed by atoms with Crippen molar-refractivity contribution in [2.45, 2.75) is 38.3 Å². The normalized spacial score (nSPS) is 12.8. The van der Waals surface area contributed by atoms with E-state index >= 15 is 0 Å². The van der Waals surface area contributed by atoms with Crippen molar-refractivity contribution >= 4 is 0 Å². The molecule has 0 fully saturated rings. The number of hydrogen-bond donors (Lipinski definition) is 1. The zero-order chi connectivity index (χ0) is 20.2. The largest absolute Gasteiger partial charge is 0.497 e. The molecular formula is C23H28O5. The van der Waals surface area contributed by atoms with E-state index in [-0.39, 0.29) is 0 Å². The molecular weight excluding hydrogens is 356 g/mol. The Balaban J connectivity index is 1.65. The first-order chi connectivity index (χ1) is 13.6. The predicted molar refractivity (Wildman–Crippen MR) is 108 cm³/mol. The topological polar surface area (TPSA) is 57.2 Å². The van der Waals surface area contributed by atoms with Gasteiger partial charge in [-0.3, -0.25) is 0 Å². The molecule has 0 saturated carbocycles. The molecule has 150 valence electrons. The highest BCUT2D eigenvalue weighted by atomic mass is 16.5. The summed E-state index contributed by atoms with van der Waals surface area (Å²) in [5.41, 5.74) is 2.05. The molecule has 0 aromatic heterocycles. The van der Waals surface area contributed by atoms with Crippen LogP contribution in [0.4, 0.5) is 0 Å². The Morgan fingerprint density at radius 1 is 0.893 bits per heavy atom. The average Bonchev–Trinajstić information content (AvgIpc) is 2.75. The van der Waals surface area contributed by atoms with Crippen LogP contribution < -0.4 is 9.47 Å². The van der Waals surface area contributed by atoms with E-state index in [4.69, 9.17) is 25.4 Å². The van der Waals surface area contributed by atoms with Gasteiger partial charge in [0.1, 0.15) is 17.6 Å². The summed E-state index contributed by atoms with van der Waals surface area (Å²) in [5.74, 6) is 4.20. The zero-order valence-electron chi connectivity index (χ0n) is 16.5. The molecule has 0 unspecified atom stereocenters. The predicted octanol–water partition coefficient (Wildman–Crippen LogP) is 3.58. The fourth-order valence-electron chi connectivity index (χ4n) is 2.60. The van der Waals surface area contributed by atoms with Gasteiger partial charge in [-0.1, -0.05) is 30.2 Å². The second-order valence-electron chi connectivity index (χ2n) is 6.39. The van der Waals surface area contributed by atoms with Crippen LogP contribution in [0.1, 0.15) is 24.0 Å². The molecule has 1 N–H and O–H groups in total. The Kier molecular flexibility index (Phi) is 9.36. The van der Waals surface area contributed by atoms with Crippen molar-refractivity contribution in [3.8, 4) is 23.8 Å². The summed E-state index contributed by atoms with van der Waals surface area (Å²) >= 11 is 0. The highest BCUT2D eigenvalue weighted by Crippen LogP contribution is 2.15. The van der Waals surface area contributed by atoms with E-state index in [0.717, 1.165) is 22.6 Å². The first kappa shape index (κ1) is 21.8. The first-order valence-corrected chi connectivity index (χ1v) is 9.24. The van der Waals surface area contributed by atoms with Crippen LogP contribution in [0.2, 0.25) is 0 Å². The molecule has 2 aromatic rings. The molecule has 5 nitrogen and oxygen atoms in total. The third-order valence-corrected chi connectivity index (χ3v) is 4.31. The molecule has 0 aliphatic heterocycles. The molecule has 5 heteroatoms. The number of rotatable bonds is 12. The van der Waals surface area contributed by atoms with Gasteiger partial charge in [-0.2, -0.15) is 0 Å². The van der Waals surface area contributed by atoms with Gasteiger partial charge in [0.25, 0.3) is 0 Å². The quantitative estimate of drug-likeness (QED) is 0.448. The summed E-state index contributed by atoms with van der Waals surface area (Å²) in [6.07, 6.45) is 5.39. The lowest BCUT2D eigenvalue weighted by Crippen LogP contribution is -2.21. The van der Waals surface area contributed by atoms with Crippen molar-refractivity contribution in [1.82, 2.24) is 0 Å². The van der Waals surface area contributed by atoms with Gasteiger partial charge < -0.3 is 24.1 Å². The standard InChI is InChI=1S/C23H28O5/c1-4-21(28-17-19-7-11-23(26-3)12-8-19)15-20(24)13-14-27-16-18-5-9-22(25-2)10-6-18/h1,5-12,20-21,24H,13-17H2,2-3H3/t20-,21+/m1/s1. The Labute approximate surface area is 167 Å². The van der Waals surface area contributed by atoms with Crippen LogP contribution >= 0.6 is 0 Å². The van der Waals surface area contributed by atoms with E-state index in [0.29, 0.717) is 32.7 Å². The van der Waals surface area contributed by atoms with Gasteiger partial charge in [-0.25, -0.2) is 0 Å². The molecule has 0 spiro atoms.